The molecule has 24 heavy (non-hydrogen) atoms. The number of aliphatic carboxylic acids is 1. The van der Waals surface area contributed by atoms with Crippen molar-refractivity contribution < 1.29 is 19.5 Å². The number of carbonyl (C=O) groups excluding carboxylic acids is 2. The summed E-state index contributed by atoms with van der Waals surface area (Å²) in [6.07, 6.45) is 5.45. The fourth-order valence-corrected chi connectivity index (χ4v) is 4.63. The van der Waals surface area contributed by atoms with Crippen LogP contribution in [0.5, 0.6) is 0 Å². The van der Waals surface area contributed by atoms with Crippen molar-refractivity contribution in [2.24, 2.45) is 11.7 Å². The standard InChI is InChI=1S/C17H24N2O4S/c1-2-4-10-7-8-11-12(9-10)24-17(15(11)16(18)23)19-13(20)5-3-6-14(21)22/h10H,2-9H2,1H3,(H2,18,23)(H,19,20)(H,21,22). The molecule has 1 atom stereocenters. The van der Waals surface area contributed by atoms with Crippen molar-refractivity contribution in [1.29, 1.82) is 0 Å². The van der Waals surface area contributed by atoms with Crippen LogP contribution >= 0.6 is 11.3 Å². The van der Waals surface area contributed by atoms with Crippen LogP contribution < -0.4 is 11.1 Å². The van der Waals surface area contributed by atoms with Gasteiger partial charge in [0.25, 0.3) is 5.91 Å². The summed E-state index contributed by atoms with van der Waals surface area (Å²) in [5.74, 6) is -1.08. The number of fused-ring (bicyclic) bond motifs is 1. The summed E-state index contributed by atoms with van der Waals surface area (Å²) in [6.45, 7) is 2.17. The second-order valence-electron chi connectivity index (χ2n) is 6.27. The maximum atomic E-state index is 12.0. The quantitative estimate of drug-likeness (QED) is 0.668. The second-order valence-corrected chi connectivity index (χ2v) is 7.37. The zero-order chi connectivity index (χ0) is 17.7. The molecule has 0 saturated heterocycles. The van der Waals surface area contributed by atoms with Crippen molar-refractivity contribution in [3.8, 4) is 0 Å². The molecule has 1 unspecified atom stereocenters. The molecule has 0 fully saturated rings. The minimum absolute atomic E-state index is 0.0459. The van der Waals surface area contributed by atoms with Gasteiger partial charge in [-0.25, -0.2) is 0 Å². The molecule has 0 saturated carbocycles. The van der Waals surface area contributed by atoms with Crippen molar-refractivity contribution in [2.45, 2.75) is 58.3 Å². The Morgan fingerprint density at radius 1 is 1.33 bits per heavy atom. The molecule has 1 aliphatic rings. The van der Waals surface area contributed by atoms with Gasteiger partial charge >= 0.3 is 5.97 Å². The molecule has 2 amide bonds. The van der Waals surface area contributed by atoms with Gasteiger partial charge in [-0.3, -0.25) is 14.4 Å². The largest absolute Gasteiger partial charge is 0.481 e. The van der Waals surface area contributed by atoms with Crippen LogP contribution in [0.2, 0.25) is 0 Å². The Hall–Kier alpha value is -1.89. The van der Waals surface area contributed by atoms with Gasteiger partial charge in [-0.15, -0.1) is 11.3 Å². The van der Waals surface area contributed by atoms with E-state index >= 15 is 0 Å². The van der Waals surface area contributed by atoms with Crippen LogP contribution in [0.15, 0.2) is 0 Å². The van der Waals surface area contributed by atoms with Crippen molar-refractivity contribution in [3.05, 3.63) is 16.0 Å². The maximum absolute atomic E-state index is 12.0. The zero-order valence-corrected chi connectivity index (χ0v) is 14.7. The van der Waals surface area contributed by atoms with Crippen molar-refractivity contribution in [1.82, 2.24) is 0 Å². The SMILES string of the molecule is CCCC1CCc2c(sc(NC(=O)CCCC(=O)O)c2C(N)=O)C1. The summed E-state index contributed by atoms with van der Waals surface area (Å²) in [5, 5.41) is 11.9. The highest BCUT2D eigenvalue weighted by Gasteiger charge is 2.28. The molecule has 0 radical (unpaired) electrons. The van der Waals surface area contributed by atoms with Crippen LogP contribution in [0.25, 0.3) is 0 Å². The predicted molar refractivity (Wildman–Crippen MR) is 93.4 cm³/mol. The monoisotopic (exact) mass is 352 g/mol. The van der Waals surface area contributed by atoms with E-state index in [1.54, 1.807) is 0 Å². The highest BCUT2D eigenvalue weighted by Crippen LogP contribution is 2.40. The topological polar surface area (TPSA) is 109 Å². The van der Waals surface area contributed by atoms with E-state index in [2.05, 4.69) is 12.2 Å². The van der Waals surface area contributed by atoms with Crippen LogP contribution in [0.1, 0.15) is 66.2 Å². The molecule has 0 bridgehead atoms. The third kappa shape index (κ3) is 4.56. The number of amides is 2. The van der Waals surface area contributed by atoms with Gasteiger partial charge in [0.1, 0.15) is 5.00 Å². The Bertz CT molecular complexity index is 639. The number of carboxylic acids is 1. The van der Waals surface area contributed by atoms with Crippen LogP contribution in [0, 0.1) is 5.92 Å². The Morgan fingerprint density at radius 3 is 2.71 bits per heavy atom. The molecule has 132 valence electrons. The Balaban J connectivity index is 2.11. The van der Waals surface area contributed by atoms with Gasteiger partial charge in [0.15, 0.2) is 0 Å². The van der Waals surface area contributed by atoms with Gasteiger partial charge in [0, 0.05) is 17.7 Å². The normalized spacial score (nSPS) is 16.5. The number of nitrogens with two attached hydrogens (primary N) is 1. The fourth-order valence-electron chi connectivity index (χ4n) is 3.25. The number of anilines is 1. The number of carboxylic acid groups (broad SMARTS) is 1. The molecule has 0 spiro atoms. The molecule has 1 heterocycles. The van der Waals surface area contributed by atoms with Crippen LogP contribution in [-0.4, -0.2) is 22.9 Å². The first-order chi connectivity index (χ1) is 11.4. The van der Waals surface area contributed by atoms with Crippen molar-refractivity contribution in [3.63, 3.8) is 0 Å². The summed E-state index contributed by atoms with van der Waals surface area (Å²) in [5.41, 5.74) is 6.96. The Morgan fingerprint density at radius 2 is 2.08 bits per heavy atom. The molecule has 6 nitrogen and oxygen atoms in total. The Kier molecular flexibility index (Phi) is 6.36. The van der Waals surface area contributed by atoms with Gasteiger partial charge in [0.2, 0.25) is 5.91 Å². The molecular formula is C17H24N2O4S. The van der Waals surface area contributed by atoms with E-state index in [0.29, 0.717) is 16.5 Å². The van der Waals surface area contributed by atoms with E-state index in [4.69, 9.17) is 10.8 Å². The fraction of sp³-hybridized carbons (Fsp3) is 0.588. The van der Waals surface area contributed by atoms with Gasteiger partial charge in [-0.05, 0) is 37.2 Å². The first kappa shape index (κ1) is 18.4. The second kappa shape index (κ2) is 8.28. The summed E-state index contributed by atoms with van der Waals surface area (Å²) < 4.78 is 0. The number of carbonyl (C=O) groups is 3. The van der Waals surface area contributed by atoms with E-state index in [0.717, 1.165) is 36.1 Å². The van der Waals surface area contributed by atoms with Crippen LogP contribution in [0.3, 0.4) is 0 Å². The van der Waals surface area contributed by atoms with E-state index in [1.165, 1.54) is 17.8 Å². The molecule has 1 aromatic heterocycles. The molecule has 4 N–H and O–H groups in total. The summed E-state index contributed by atoms with van der Waals surface area (Å²) >= 11 is 1.44. The van der Waals surface area contributed by atoms with Crippen LogP contribution in [0.4, 0.5) is 5.00 Å². The maximum Gasteiger partial charge on any atom is 0.303 e. The van der Waals surface area contributed by atoms with Gasteiger partial charge < -0.3 is 16.2 Å². The third-order valence-electron chi connectivity index (χ3n) is 4.36. The summed E-state index contributed by atoms with van der Waals surface area (Å²) in [7, 11) is 0. The number of nitrogens with one attached hydrogen (secondary N) is 1. The highest BCUT2D eigenvalue weighted by molar-refractivity contribution is 7.17. The number of rotatable bonds is 8. The number of thiophene rings is 1. The lowest BCUT2D eigenvalue weighted by Gasteiger charge is -2.21. The lowest BCUT2D eigenvalue weighted by atomic mass is 9.84. The third-order valence-corrected chi connectivity index (χ3v) is 5.53. The lowest BCUT2D eigenvalue weighted by molar-refractivity contribution is -0.137. The molecule has 7 heteroatoms. The van der Waals surface area contributed by atoms with Gasteiger partial charge in [-0.2, -0.15) is 0 Å². The van der Waals surface area contributed by atoms with E-state index < -0.39 is 11.9 Å². The lowest BCUT2D eigenvalue weighted by Crippen LogP contribution is -2.19. The zero-order valence-electron chi connectivity index (χ0n) is 13.9. The highest BCUT2D eigenvalue weighted by atomic mass is 32.1. The molecule has 0 aliphatic heterocycles. The molecule has 0 aromatic carbocycles. The smallest absolute Gasteiger partial charge is 0.303 e. The number of hydrogen-bond acceptors (Lipinski definition) is 4. The van der Waals surface area contributed by atoms with Crippen LogP contribution in [-0.2, 0) is 22.4 Å². The van der Waals surface area contributed by atoms with E-state index in [1.807, 2.05) is 0 Å². The van der Waals surface area contributed by atoms with E-state index in [9.17, 15) is 14.4 Å². The number of hydrogen-bond donors (Lipinski definition) is 3. The Labute approximate surface area is 145 Å². The summed E-state index contributed by atoms with van der Waals surface area (Å²) in [6, 6.07) is 0. The average molecular weight is 352 g/mol. The molecule has 1 aromatic rings. The van der Waals surface area contributed by atoms with Gasteiger partial charge in [0.05, 0.1) is 5.56 Å². The molecular weight excluding hydrogens is 328 g/mol. The van der Waals surface area contributed by atoms with Gasteiger partial charge in [-0.1, -0.05) is 19.8 Å². The first-order valence-electron chi connectivity index (χ1n) is 8.38. The van der Waals surface area contributed by atoms with Crippen molar-refractivity contribution >= 4 is 34.1 Å². The number of primary amides is 1. The minimum Gasteiger partial charge on any atom is -0.481 e. The molecule has 1 aliphatic carbocycles. The first-order valence-corrected chi connectivity index (χ1v) is 9.20. The predicted octanol–water partition coefficient (Wildman–Crippen LogP) is 2.95. The summed E-state index contributed by atoms with van der Waals surface area (Å²) in [4.78, 5) is 35.5. The van der Waals surface area contributed by atoms with E-state index in [-0.39, 0.29) is 25.2 Å². The average Bonchev–Trinajstić information content (AvgIpc) is 2.84. The minimum atomic E-state index is -0.922. The molecule has 2 rings (SSSR count). The van der Waals surface area contributed by atoms with Crippen molar-refractivity contribution in [2.75, 3.05) is 5.32 Å².